The fourth-order valence-electron chi connectivity index (χ4n) is 1.90. The van der Waals surface area contributed by atoms with Gasteiger partial charge in [-0.15, -0.1) is 11.3 Å². The molecule has 1 aromatic heterocycles. The number of hydrogen-bond donors (Lipinski definition) is 2. The summed E-state index contributed by atoms with van der Waals surface area (Å²) in [7, 11) is -1.77. The van der Waals surface area contributed by atoms with Gasteiger partial charge in [-0.05, 0) is 38.1 Å². The predicted octanol–water partition coefficient (Wildman–Crippen LogP) is 2.28. The maximum Gasteiger partial charge on any atom is 0.263 e. The highest BCUT2D eigenvalue weighted by Crippen LogP contribution is 2.23. The summed E-state index contributed by atoms with van der Waals surface area (Å²) in [6.07, 6.45) is 0. The maximum absolute atomic E-state index is 12.4. The number of nitrogens with zero attached hydrogens (tertiary/aromatic N) is 1. The molecule has 7 heteroatoms. The Morgan fingerprint density at radius 2 is 2.05 bits per heavy atom. The van der Waals surface area contributed by atoms with Crippen LogP contribution < -0.4 is 10.0 Å². The molecule has 2 N–H and O–H groups in total. The van der Waals surface area contributed by atoms with Gasteiger partial charge in [0.2, 0.25) is 0 Å². The molecule has 0 fully saturated rings. The standard InChI is InChI=1S/C13H17N3O2S2/c1-9-8-19-13(15-9)16-20(17,18)12-6-4-5-11(7-14-3)10(12)2/h4-6,8,14H,7H2,1-3H3,(H,15,16). The largest absolute Gasteiger partial charge is 0.316 e. The van der Waals surface area contributed by atoms with E-state index in [2.05, 4.69) is 15.0 Å². The highest BCUT2D eigenvalue weighted by molar-refractivity contribution is 7.93. The molecule has 0 aliphatic heterocycles. The molecule has 1 heterocycles. The number of rotatable bonds is 5. The van der Waals surface area contributed by atoms with Crippen LogP contribution in [0.1, 0.15) is 16.8 Å². The second kappa shape index (κ2) is 5.90. The maximum atomic E-state index is 12.4. The van der Waals surface area contributed by atoms with Crippen molar-refractivity contribution >= 4 is 26.5 Å². The highest BCUT2D eigenvalue weighted by atomic mass is 32.2. The lowest BCUT2D eigenvalue weighted by atomic mass is 10.1. The highest BCUT2D eigenvalue weighted by Gasteiger charge is 2.19. The molecule has 20 heavy (non-hydrogen) atoms. The van der Waals surface area contributed by atoms with Crippen molar-refractivity contribution in [3.63, 3.8) is 0 Å². The summed E-state index contributed by atoms with van der Waals surface area (Å²) in [6, 6.07) is 5.27. The molecule has 2 rings (SSSR count). The van der Waals surface area contributed by atoms with E-state index in [1.807, 2.05) is 32.3 Å². The van der Waals surface area contributed by atoms with E-state index in [1.165, 1.54) is 11.3 Å². The average Bonchev–Trinajstić information content (AvgIpc) is 2.76. The Balaban J connectivity index is 2.36. The minimum absolute atomic E-state index is 0.290. The number of anilines is 1. The van der Waals surface area contributed by atoms with Crippen LogP contribution in [-0.2, 0) is 16.6 Å². The van der Waals surface area contributed by atoms with Crippen molar-refractivity contribution in [3.8, 4) is 0 Å². The Morgan fingerprint density at radius 3 is 2.65 bits per heavy atom. The molecule has 0 spiro atoms. The first-order chi connectivity index (χ1) is 9.44. The molecule has 0 aliphatic rings. The summed E-state index contributed by atoms with van der Waals surface area (Å²) in [5.74, 6) is 0. The minimum Gasteiger partial charge on any atom is -0.316 e. The Morgan fingerprint density at radius 1 is 1.30 bits per heavy atom. The first-order valence-electron chi connectivity index (χ1n) is 6.12. The number of sulfonamides is 1. The molecule has 0 amide bonds. The zero-order valence-corrected chi connectivity index (χ0v) is 13.2. The van der Waals surface area contributed by atoms with Crippen LogP contribution >= 0.6 is 11.3 Å². The Labute approximate surface area is 123 Å². The Hall–Kier alpha value is -1.44. The van der Waals surface area contributed by atoms with Crippen molar-refractivity contribution < 1.29 is 8.42 Å². The van der Waals surface area contributed by atoms with Crippen molar-refractivity contribution in [2.75, 3.05) is 11.8 Å². The van der Waals surface area contributed by atoms with Crippen molar-refractivity contribution in [2.45, 2.75) is 25.3 Å². The second-order valence-electron chi connectivity index (χ2n) is 4.47. The van der Waals surface area contributed by atoms with E-state index in [1.54, 1.807) is 12.1 Å². The lowest BCUT2D eigenvalue weighted by molar-refractivity contribution is 0.600. The van der Waals surface area contributed by atoms with E-state index in [9.17, 15) is 8.42 Å². The topological polar surface area (TPSA) is 71.1 Å². The molecule has 0 saturated heterocycles. The molecule has 0 unspecified atom stereocenters. The fraction of sp³-hybridized carbons (Fsp3) is 0.308. The Kier molecular flexibility index (Phi) is 4.42. The molecule has 0 aliphatic carbocycles. The van der Waals surface area contributed by atoms with Crippen LogP contribution in [0.3, 0.4) is 0 Å². The van der Waals surface area contributed by atoms with Gasteiger partial charge in [0, 0.05) is 11.9 Å². The molecule has 0 atom stereocenters. The van der Waals surface area contributed by atoms with Gasteiger partial charge < -0.3 is 5.32 Å². The quantitative estimate of drug-likeness (QED) is 0.888. The van der Waals surface area contributed by atoms with Gasteiger partial charge in [-0.1, -0.05) is 12.1 Å². The molecule has 108 valence electrons. The summed E-state index contributed by atoms with van der Waals surface area (Å²) >= 11 is 1.28. The summed E-state index contributed by atoms with van der Waals surface area (Å²) < 4.78 is 27.4. The van der Waals surface area contributed by atoms with Crippen molar-refractivity contribution in [2.24, 2.45) is 0 Å². The number of thiazole rings is 1. The molecule has 2 aromatic rings. The van der Waals surface area contributed by atoms with E-state index in [4.69, 9.17) is 0 Å². The zero-order valence-electron chi connectivity index (χ0n) is 11.6. The van der Waals surface area contributed by atoms with Crippen LogP contribution in [0.4, 0.5) is 5.13 Å². The van der Waals surface area contributed by atoms with Crippen LogP contribution in [0, 0.1) is 13.8 Å². The molecule has 0 saturated carbocycles. The van der Waals surface area contributed by atoms with Gasteiger partial charge in [-0.25, -0.2) is 13.4 Å². The molecular formula is C13H17N3O2S2. The third-order valence-corrected chi connectivity index (χ3v) is 5.38. The summed E-state index contributed by atoms with van der Waals surface area (Å²) in [5, 5.41) is 5.23. The van der Waals surface area contributed by atoms with Crippen LogP contribution in [0.5, 0.6) is 0 Å². The molecule has 0 radical (unpaired) electrons. The first-order valence-corrected chi connectivity index (χ1v) is 8.48. The van der Waals surface area contributed by atoms with E-state index in [0.717, 1.165) is 16.8 Å². The second-order valence-corrected chi connectivity index (χ2v) is 6.98. The monoisotopic (exact) mass is 311 g/mol. The van der Waals surface area contributed by atoms with Gasteiger partial charge in [0.15, 0.2) is 5.13 Å². The van der Waals surface area contributed by atoms with Crippen LogP contribution in [-0.4, -0.2) is 20.4 Å². The zero-order chi connectivity index (χ0) is 14.8. The number of aryl methyl sites for hydroxylation is 1. The van der Waals surface area contributed by atoms with E-state index in [-0.39, 0.29) is 4.90 Å². The summed E-state index contributed by atoms with van der Waals surface area (Å²) in [5.41, 5.74) is 2.52. The molecular weight excluding hydrogens is 294 g/mol. The molecule has 0 bridgehead atoms. The number of hydrogen-bond acceptors (Lipinski definition) is 5. The lowest BCUT2D eigenvalue weighted by Crippen LogP contribution is -2.16. The average molecular weight is 311 g/mol. The van der Waals surface area contributed by atoms with E-state index < -0.39 is 10.0 Å². The van der Waals surface area contributed by atoms with Crippen LogP contribution in [0.25, 0.3) is 0 Å². The predicted molar refractivity (Wildman–Crippen MR) is 81.6 cm³/mol. The third kappa shape index (κ3) is 3.17. The molecule has 5 nitrogen and oxygen atoms in total. The smallest absolute Gasteiger partial charge is 0.263 e. The number of nitrogens with one attached hydrogen (secondary N) is 2. The van der Waals surface area contributed by atoms with Crippen LogP contribution in [0.15, 0.2) is 28.5 Å². The summed E-state index contributed by atoms with van der Waals surface area (Å²) in [4.78, 5) is 4.42. The van der Waals surface area contributed by atoms with Crippen molar-refractivity contribution in [3.05, 3.63) is 40.4 Å². The lowest BCUT2D eigenvalue weighted by Gasteiger charge is -2.12. The minimum atomic E-state index is -3.60. The summed E-state index contributed by atoms with van der Waals surface area (Å²) in [6.45, 7) is 4.27. The van der Waals surface area contributed by atoms with Gasteiger partial charge in [0.1, 0.15) is 0 Å². The normalized spacial score (nSPS) is 11.6. The van der Waals surface area contributed by atoms with E-state index >= 15 is 0 Å². The number of benzene rings is 1. The van der Waals surface area contributed by atoms with Crippen molar-refractivity contribution in [1.29, 1.82) is 0 Å². The SMILES string of the molecule is CNCc1cccc(S(=O)(=O)Nc2nc(C)cs2)c1C. The van der Waals surface area contributed by atoms with Gasteiger partial charge in [-0.3, -0.25) is 4.72 Å². The third-order valence-electron chi connectivity index (χ3n) is 2.89. The Bertz CT molecular complexity index is 708. The van der Waals surface area contributed by atoms with Crippen LogP contribution in [0.2, 0.25) is 0 Å². The van der Waals surface area contributed by atoms with Gasteiger partial charge >= 0.3 is 0 Å². The van der Waals surface area contributed by atoms with Gasteiger partial charge in [0.05, 0.1) is 10.6 Å². The van der Waals surface area contributed by atoms with E-state index in [0.29, 0.717) is 11.7 Å². The van der Waals surface area contributed by atoms with Crippen molar-refractivity contribution in [1.82, 2.24) is 10.3 Å². The molecule has 1 aromatic carbocycles. The number of aromatic nitrogens is 1. The fourth-order valence-corrected chi connectivity index (χ4v) is 4.13. The van der Waals surface area contributed by atoms with Gasteiger partial charge in [-0.2, -0.15) is 0 Å². The van der Waals surface area contributed by atoms with Gasteiger partial charge in [0.25, 0.3) is 10.0 Å². The first kappa shape index (κ1) is 15.0.